The molecule has 25 heavy (non-hydrogen) atoms. The first-order valence-electron chi connectivity index (χ1n) is 8.50. The van der Waals surface area contributed by atoms with Crippen LogP contribution in [0.5, 0.6) is 0 Å². The Kier molecular flexibility index (Phi) is 7.16. The van der Waals surface area contributed by atoms with Crippen molar-refractivity contribution in [1.82, 2.24) is 20.4 Å². The molecule has 12 nitrogen and oxygen atoms in total. The van der Waals surface area contributed by atoms with E-state index in [9.17, 15) is 20.2 Å². The Balaban J connectivity index is 1.55. The van der Waals surface area contributed by atoms with E-state index < -0.39 is 10.1 Å². The van der Waals surface area contributed by atoms with Gasteiger partial charge in [-0.2, -0.15) is 0 Å². The second-order valence-electron chi connectivity index (χ2n) is 5.92. The summed E-state index contributed by atoms with van der Waals surface area (Å²) in [6.45, 7) is 4.38. The van der Waals surface area contributed by atoms with Crippen LogP contribution in [0.2, 0.25) is 0 Å². The summed E-state index contributed by atoms with van der Waals surface area (Å²) in [4.78, 5) is 24.7. The summed E-state index contributed by atoms with van der Waals surface area (Å²) in [6, 6.07) is 0. The summed E-state index contributed by atoms with van der Waals surface area (Å²) in [5.41, 5.74) is 0. The van der Waals surface area contributed by atoms with Gasteiger partial charge in [-0.3, -0.25) is 0 Å². The Morgan fingerprint density at radius 3 is 1.60 bits per heavy atom. The number of hydrazone groups is 2. The van der Waals surface area contributed by atoms with E-state index in [2.05, 4.69) is 20.8 Å². The Hall–Kier alpha value is -2.66. The molecule has 2 aliphatic heterocycles. The molecule has 2 rings (SSSR count). The summed E-state index contributed by atoms with van der Waals surface area (Å²) in [7, 11) is 0. The van der Waals surface area contributed by atoms with E-state index in [4.69, 9.17) is 0 Å². The van der Waals surface area contributed by atoms with Crippen molar-refractivity contribution in [3.05, 3.63) is 20.2 Å². The molecule has 0 atom stereocenters. The molecular weight excluding hydrogens is 332 g/mol. The van der Waals surface area contributed by atoms with E-state index in [0.717, 1.165) is 58.3 Å². The number of hydrogen-bond donors (Lipinski definition) is 2. The highest BCUT2D eigenvalue weighted by molar-refractivity contribution is 5.81. The van der Waals surface area contributed by atoms with Crippen LogP contribution in [0.4, 0.5) is 0 Å². The van der Waals surface area contributed by atoms with Crippen LogP contribution in [0.1, 0.15) is 32.1 Å². The van der Waals surface area contributed by atoms with Crippen LogP contribution in [0.3, 0.4) is 0 Å². The van der Waals surface area contributed by atoms with Gasteiger partial charge in [0.1, 0.15) is 10.2 Å². The van der Waals surface area contributed by atoms with E-state index in [1.165, 1.54) is 0 Å². The minimum Gasteiger partial charge on any atom is -0.349 e. The number of nitrogens with zero attached hydrogens (tertiary/aromatic N) is 6. The van der Waals surface area contributed by atoms with Gasteiger partial charge in [-0.05, 0) is 12.8 Å². The maximum absolute atomic E-state index is 10.4. The molecule has 0 bridgehead atoms. The van der Waals surface area contributed by atoms with E-state index in [0.29, 0.717) is 25.0 Å². The standard InChI is InChI=1S/C13H24N8O4/c22-20(23)16-12-14-6-10-18(12)8-4-2-1-3-5-9-19-11-7-15-13(19)17-21(24)25/h1-11H2,(H,14,16)(H,15,17). The lowest BCUT2D eigenvalue weighted by atomic mass is 10.1. The quantitative estimate of drug-likeness (QED) is 0.312. The summed E-state index contributed by atoms with van der Waals surface area (Å²) in [5.74, 6) is 0.702. The van der Waals surface area contributed by atoms with Crippen molar-refractivity contribution in [2.45, 2.75) is 32.1 Å². The Bertz CT molecular complexity index is 492. The van der Waals surface area contributed by atoms with Crippen molar-refractivity contribution < 1.29 is 10.1 Å². The molecule has 0 aromatic heterocycles. The van der Waals surface area contributed by atoms with Crippen molar-refractivity contribution >= 4 is 11.9 Å². The molecule has 2 N–H and O–H groups in total. The van der Waals surface area contributed by atoms with E-state index in [-0.39, 0.29) is 0 Å². The van der Waals surface area contributed by atoms with Crippen molar-refractivity contribution in [3.8, 4) is 0 Å². The fourth-order valence-electron chi connectivity index (χ4n) is 2.96. The van der Waals surface area contributed by atoms with Gasteiger partial charge in [0.05, 0.1) is 0 Å². The molecule has 140 valence electrons. The van der Waals surface area contributed by atoms with Gasteiger partial charge in [-0.15, -0.1) is 0 Å². The van der Waals surface area contributed by atoms with Crippen LogP contribution in [0.25, 0.3) is 0 Å². The highest BCUT2D eigenvalue weighted by Gasteiger charge is 2.21. The average molecular weight is 356 g/mol. The van der Waals surface area contributed by atoms with Crippen LogP contribution in [-0.4, -0.2) is 71.1 Å². The highest BCUT2D eigenvalue weighted by Crippen LogP contribution is 2.08. The lowest BCUT2D eigenvalue weighted by Crippen LogP contribution is -2.32. The maximum atomic E-state index is 10.4. The second-order valence-corrected chi connectivity index (χ2v) is 5.92. The first-order valence-corrected chi connectivity index (χ1v) is 8.50. The summed E-state index contributed by atoms with van der Waals surface area (Å²) < 4.78 is 0. The van der Waals surface area contributed by atoms with Gasteiger partial charge in [0.15, 0.2) is 10.1 Å². The molecule has 2 fully saturated rings. The molecule has 0 radical (unpaired) electrons. The van der Waals surface area contributed by atoms with Crippen molar-refractivity contribution in [2.24, 2.45) is 10.2 Å². The topological polar surface area (TPSA) is 142 Å². The molecule has 0 saturated carbocycles. The van der Waals surface area contributed by atoms with Gasteiger partial charge in [-0.1, -0.05) is 19.3 Å². The summed E-state index contributed by atoms with van der Waals surface area (Å²) in [6.07, 6.45) is 5.05. The van der Waals surface area contributed by atoms with Crippen molar-refractivity contribution in [1.29, 1.82) is 0 Å². The minimum atomic E-state index is -0.676. The zero-order chi connectivity index (χ0) is 18.1. The molecule has 0 aliphatic carbocycles. The van der Waals surface area contributed by atoms with Gasteiger partial charge in [0.25, 0.3) is 11.9 Å². The normalized spacial score (nSPS) is 20.2. The zero-order valence-corrected chi connectivity index (χ0v) is 14.1. The van der Waals surface area contributed by atoms with Gasteiger partial charge in [0, 0.05) is 39.3 Å². The molecule has 0 unspecified atom stereocenters. The number of guanidine groups is 2. The highest BCUT2D eigenvalue weighted by atomic mass is 16.7. The molecule has 0 aromatic rings. The number of hydrogen-bond acceptors (Lipinski definition) is 4. The predicted octanol–water partition coefficient (Wildman–Crippen LogP) is -0.157. The average Bonchev–Trinajstić information content (AvgIpc) is 3.15. The molecule has 0 spiro atoms. The largest absolute Gasteiger partial charge is 0.349 e. The van der Waals surface area contributed by atoms with Crippen LogP contribution < -0.4 is 10.6 Å². The first kappa shape index (κ1) is 18.7. The van der Waals surface area contributed by atoms with Crippen LogP contribution >= 0.6 is 0 Å². The van der Waals surface area contributed by atoms with Crippen LogP contribution in [0, 0.1) is 20.2 Å². The smallest absolute Gasteiger partial charge is 0.271 e. The molecule has 0 amide bonds. The fourth-order valence-corrected chi connectivity index (χ4v) is 2.96. The van der Waals surface area contributed by atoms with Gasteiger partial charge < -0.3 is 20.4 Å². The molecule has 12 heteroatoms. The lowest BCUT2D eigenvalue weighted by Gasteiger charge is -2.16. The van der Waals surface area contributed by atoms with E-state index in [1.54, 1.807) is 0 Å². The lowest BCUT2D eigenvalue weighted by molar-refractivity contribution is -0.485. The fraction of sp³-hybridized carbons (Fsp3) is 0.846. The molecule has 2 aliphatic rings. The Morgan fingerprint density at radius 1 is 0.800 bits per heavy atom. The van der Waals surface area contributed by atoms with Crippen LogP contribution in [0.15, 0.2) is 10.2 Å². The third kappa shape index (κ3) is 6.39. The maximum Gasteiger partial charge on any atom is 0.271 e. The number of nitro groups is 2. The predicted molar refractivity (Wildman–Crippen MR) is 91.1 cm³/mol. The third-order valence-corrected chi connectivity index (χ3v) is 4.14. The second kappa shape index (κ2) is 9.59. The van der Waals surface area contributed by atoms with Gasteiger partial charge in [-0.25, -0.2) is 20.2 Å². The molecular formula is C13H24N8O4. The molecule has 0 aromatic carbocycles. The van der Waals surface area contributed by atoms with Gasteiger partial charge in [0.2, 0.25) is 0 Å². The number of nitrogens with one attached hydrogen (secondary N) is 2. The molecule has 2 heterocycles. The van der Waals surface area contributed by atoms with Crippen molar-refractivity contribution in [2.75, 3.05) is 39.3 Å². The summed E-state index contributed by atoms with van der Waals surface area (Å²) >= 11 is 0. The molecule has 2 saturated heterocycles. The van der Waals surface area contributed by atoms with Crippen LogP contribution in [-0.2, 0) is 0 Å². The first-order chi connectivity index (χ1) is 12.1. The monoisotopic (exact) mass is 356 g/mol. The SMILES string of the molecule is O=[N+]([O-])N=C1NCCN1CCCCCCCN1CCNC1=N[N+](=O)[O-]. The zero-order valence-electron chi connectivity index (χ0n) is 14.1. The minimum absolute atomic E-state index is 0.351. The van der Waals surface area contributed by atoms with Gasteiger partial charge >= 0.3 is 0 Å². The number of unbranched alkanes of at least 4 members (excludes halogenated alkanes) is 4. The third-order valence-electron chi connectivity index (χ3n) is 4.14. The Morgan fingerprint density at radius 2 is 1.20 bits per heavy atom. The van der Waals surface area contributed by atoms with E-state index in [1.807, 2.05) is 9.80 Å². The summed E-state index contributed by atoms with van der Waals surface area (Å²) in [5, 5.41) is 32.0. The Labute approximate surface area is 145 Å². The van der Waals surface area contributed by atoms with E-state index >= 15 is 0 Å². The number of rotatable bonds is 10. The van der Waals surface area contributed by atoms with Crippen molar-refractivity contribution in [3.63, 3.8) is 0 Å².